The van der Waals surface area contributed by atoms with E-state index in [9.17, 15) is 4.39 Å². The number of aliphatic imine (C=N–C) groups is 1. The molecule has 2 aromatic rings. The molecule has 0 aliphatic rings. The van der Waals surface area contributed by atoms with Gasteiger partial charge in [0, 0.05) is 19.8 Å². The van der Waals surface area contributed by atoms with Gasteiger partial charge in [-0.15, -0.1) is 24.0 Å². The molecule has 1 aromatic heterocycles. The third kappa shape index (κ3) is 6.07. The van der Waals surface area contributed by atoms with Crippen molar-refractivity contribution in [2.45, 2.75) is 13.1 Å². The maximum atomic E-state index is 13.1. The van der Waals surface area contributed by atoms with Crippen molar-refractivity contribution >= 4 is 29.9 Å². The van der Waals surface area contributed by atoms with Crippen LogP contribution in [0.4, 0.5) is 4.39 Å². The Kier molecular flexibility index (Phi) is 7.66. The van der Waals surface area contributed by atoms with Gasteiger partial charge in [-0.2, -0.15) is 0 Å². The first-order valence-electron chi connectivity index (χ1n) is 6.37. The molecule has 0 saturated heterocycles. The van der Waals surface area contributed by atoms with Gasteiger partial charge in [-0.05, 0) is 29.8 Å². The van der Waals surface area contributed by atoms with Crippen molar-refractivity contribution in [2.75, 3.05) is 7.05 Å². The molecule has 112 valence electrons. The molecule has 0 bridgehead atoms. The quantitative estimate of drug-likeness (QED) is 0.472. The average Bonchev–Trinajstić information content (AvgIpc) is 2.48. The van der Waals surface area contributed by atoms with Gasteiger partial charge in [0.05, 0.1) is 12.2 Å². The van der Waals surface area contributed by atoms with E-state index in [0.717, 1.165) is 11.3 Å². The molecule has 0 radical (unpaired) electrons. The van der Waals surface area contributed by atoms with Crippen LogP contribution in [0, 0.1) is 5.82 Å². The summed E-state index contributed by atoms with van der Waals surface area (Å²) in [4.78, 5) is 8.33. The number of nitrogens with one attached hydrogen (secondary N) is 2. The Morgan fingerprint density at radius 2 is 1.95 bits per heavy atom. The second-order valence-electron chi connectivity index (χ2n) is 4.23. The second-order valence-corrected chi connectivity index (χ2v) is 4.23. The molecule has 0 aliphatic heterocycles. The van der Waals surface area contributed by atoms with Crippen molar-refractivity contribution in [3.05, 3.63) is 65.7 Å². The standard InChI is InChI=1S/C15H17FN4.HI/c1-17-15(20-11-14-7-2-3-8-18-14)19-10-12-5-4-6-13(16)9-12;/h2-9H,10-11H2,1H3,(H2,17,19,20);1H. The van der Waals surface area contributed by atoms with Crippen LogP contribution >= 0.6 is 24.0 Å². The maximum absolute atomic E-state index is 13.1. The molecule has 0 unspecified atom stereocenters. The number of nitrogens with zero attached hydrogens (tertiary/aromatic N) is 2. The van der Waals surface area contributed by atoms with E-state index in [0.29, 0.717) is 19.0 Å². The highest BCUT2D eigenvalue weighted by Gasteiger charge is 2.00. The van der Waals surface area contributed by atoms with E-state index < -0.39 is 0 Å². The number of guanidine groups is 1. The van der Waals surface area contributed by atoms with Crippen LogP contribution in [-0.2, 0) is 13.1 Å². The van der Waals surface area contributed by atoms with Gasteiger partial charge in [-0.25, -0.2) is 4.39 Å². The first-order valence-corrected chi connectivity index (χ1v) is 6.37. The lowest BCUT2D eigenvalue weighted by Crippen LogP contribution is -2.36. The number of hydrogen-bond acceptors (Lipinski definition) is 2. The van der Waals surface area contributed by atoms with Gasteiger partial charge in [-0.3, -0.25) is 9.98 Å². The minimum Gasteiger partial charge on any atom is -0.352 e. The minimum atomic E-state index is -0.235. The molecule has 1 heterocycles. The van der Waals surface area contributed by atoms with Gasteiger partial charge >= 0.3 is 0 Å². The molecule has 21 heavy (non-hydrogen) atoms. The number of halogens is 2. The van der Waals surface area contributed by atoms with Crippen LogP contribution in [0.1, 0.15) is 11.3 Å². The van der Waals surface area contributed by atoms with Gasteiger partial charge in [-0.1, -0.05) is 18.2 Å². The molecule has 0 aliphatic carbocycles. The SMILES string of the molecule is CN=C(NCc1cccc(F)c1)NCc1ccccn1.I. The van der Waals surface area contributed by atoms with Crippen LogP contribution in [0.3, 0.4) is 0 Å². The molecule has 0 amide bonds. The highest BCUT2D eigenvalue weighted by molar-refractivity contribution is 14.0. The summed E-state index contributed by atoms with van der Waals surface area (Å²) in [6, 6.07) is 12.2. The average molecular weight is 400 g/mol. The Bertz CT molecular complexity index is 575. The lowest BCUT2D eigenvalue weighted by Gasteiger charge is -2.11. The van der Waals surface area contributed by atoms with Crippen molar-refractivity contribution in [2.24, 2.45) is 4.99 Å². The van der Waals surface area contributed by atoms with E-state index in [1.165, 1.54) is 12.1 Å². The van der Waals surface area contributed by atoms with Crippen LogP contribution in [0.15, 0.2) is 53.7 Å². The van der Waals surface area contributed by atoms with E-state index in [1.807, 2.05) is 24.3 Å². The predicted octanol–water partition coefficient (Wildman–Crippen LogP) is 2.70. The van der Waals surface area contributed by atoms with E-state index in [2.05, 4.69) is 20.6 Å². The molecule has 0 saturated carbocycles. The zero-order valence-corrected chi connectivity index (χ0v) is 14.0. The van der Waals surface area contributed by atoms with Gasteiger partial charge < -0.3 is 10.6 Å². The topological polar surface area (TPSA) is 49.3 Å². The molecular formula is C15H18FIN4. The highest BCUT2D eigenvalue weighted by Crippen LogP contribution is 2.02. The summed E-state index contributed by atoms with van der Waals surface area (Å²) >= 11 is 0. The molecular weight excluding hydrogens is 382 g/mol. The van der Waals surface area contributed by atoms with Crippen molar-refractivity contribution in [3.8, 4) is 0 Å². The van der Waals surface area contributed by atoms with Gasteiger partial charge in [0.1, 0.15) is 5.82 Å². The Morgan fingerprint density at radius 1 is 1.14 bits per heavy atom. The van der Waals surface area contributed by atoms with Gasteiger partial charge in [0.25, 0.3) is 0 Å². The van der Waals surface area contributed by atoms with Crippen LogP contribution in [0.25, 0.3) is 0 Å². The number of pyridine rings is 1. The summed E-state index contributed by atoms with van der Waals surface area (Å²) in [5, 5.41) is 6.28. The van der Waals surface area contributed by atoms with Crippen LogP contribution < -0.4 is 10.6 Å². The summed E-state index contributed by atoms with van der Waals surface area (Å²) in [6.07, 6.45) is 1.75. The number of aromatic nitrogens is 1. The summed E-state index contributed by atoms with van der Waals surface area (Å²) < 4.78 is 13.1. The zero-order chi connectivity index (χ0) is 14.2. The summed E-state index contributed by atoms with van der Waals surface area (Å²) in [5.74, 6) is 0.417. The minimum absolute atomic E-state index is 0. The maximum Gasteiger partial charge on any atom is 0.191 e. The predicted molar refractivity (Wildman–Crippen MR) is 93.1 cm³/mol. The first-order chi connectivity index (χ1) is 9.78. The molecule has 6 heteroatoms. The van der Waals surface area contributed by atoms with Crippen LogP contribution in [0.5, 0.6) is 0 Å². The van der Waals surface area contributed by atoms with Crippen molar-refractivity contribution < 1.29 is 4.39 Å². The molecule has 0 spiro atoms. The lowest BCUT2D eigenvalue weighted by molar-refractivity contribution is 0.624. The molecule has 0 atom stereocenters. The zero-order valence-electron chi connectivity index (χ0n) is 11.7. The van der Waals surface area contributed by atoms with E-state index in [1.54, 1.807) is 19.3 Å². The third-order valence-electron chi connectivity index (χ3n) is 2.74. The van der Waals surface area contributed by atoms with Gasteiger partial charge in [0.15, 0.2) is 5.96 Å². The number of rotatable bonds is 4. The monoisotopic (exact) mass is 400 g/mol. The largest absolute Gasteiger partial charge is 0.352 e. The molecule has 2 rings (SSSR count). The van der Waals surface area contributed by atoms with Gasteiger partial charge in [0.2, 0.25) is 0 Å². The lowest BCUT2D eigenvalue weighted by atomic mass is 10.2. The summed E-state index contributed by atoms with van der Waals surface area (Å²) in [6.45, 7) is 1.10. The van der Waals surface area contributed by atoms with Crippen LogP contribution in [-0.4, -0.2) is 18.0 Å². The number of hydrogen-bond donors (Lipinski definition) is 2. The van der Waals surface area contributed by atoms with E-state index >= 15 is 0 Å². The normalized spacial score (nSPS) is 10.7. The fraction of sp³-hybridized carbons (Fsp3) is 0.200. The number of benzene rings is 1. The molecule has 0 fully saturated rings. The van der Waals surface area contributed by atoms with Crippen molar-refractivity contribution in [1.82, 2.24) is 15.6 Å². The first kappa shape index (κ1) is 17.4. The van der Waals surface area contributed by atoms with Crippen molar-refractivity contribution in [3.63, 3.8) is 0 Å². The van der Waals surface area contributed by atoms with E-state index in [-0.39, 0.29) is 29.8 Å². The Labute approximate surface area is 140 Å². The summed E-state index contributed by atoms with van der Waals surface area (Å²) in [5.41, 5.74) is 1.80. The fourth-order valence-corrected chi connectivity index (χ4v) is 1.73. The Morgan fingerprint density at radius 3 is 2.62 bits per heavy atom. The molecule has 4 nitrogen and oxygen atoms in total. The van der Waals surface area contributed by atoms with Crippen molar-refractivity contribution in [1.29, 1.82) is 0 Å². The second kappa shape index (κ2) is 9.28. The highest BCUT2D eigenvalue weighted by atomic mass is 127. The molecule has 1 aromatic carbocycles. The molecule has 2 N–H and O–H groups in total. The summed E-state index contributed by atoms with van der Waals surface area (Å²) in [7, 11) is 1.69. The Hall–Kier alpha value is -1.70. The Balaban J connectivity index is 0.00000220. The third-order valence-corrected chi connectivity index (χ3v) is 2.74. The van der Waals surface area contributed by atoms with E-state index in [4.69, 9.17) is 0 Å². The fourth-order valence-electron chi connectivity index (χ4n) is 1.73. The smallest absolute Gasteiger partial charge is 0.191 e. The van der Waals surface area contributed by atoms with Crippen LogP contribution in [0.2, 0.25) is 0 Å².